The van der Waals surface area contributed by atoms with E-state index in [1.807, 2.05) is 13.8 Å². The van der Waals surface area contributed by atoms with E-state index in [9.17, 15) is 19.5 Å². The summed E-state index contributed by atoms with van der Waals surface area (Å²) >= 11 is 7.02. The molecule has 0 atom stereocenters. The maximum Gasteiger partial charge on any atom is 0.337 e. The van der Waals surface area contributed by atoms with Crippen LogP contribution in [0.5, 0.6) is 0 Å². The highest BCUT2D eigenvalue weighted by Gasteiger charge is 2.20. The fourth-order valence-corrected chi connectivity index (χ4v) is 3.91. The molecule has 0 aliphatic heterocycles. The molecule has 27 heavy (non-hydrogen) atoms. The van der Waals surface area contributed by atoms with Crippen molar-refractivity contribution in [3.05, 3.63) is 55.9 Å². The second-order valence-corrected chi connectivity index (χ2v) is 7.21. The molecule has 0 fully saturated rings. The summed E-state index contributed by atoms with van der Waals surface area (Å²) in [6.07, 6.45) is 0.429. The zero-order chi connectivity index (χ0) is 19.7. The Kier molecular flexibility index (Phi) is 5.29. The van der Waals surface area contributed by atoms with Gasteiger partial charge >= 0.3 is 5.97 Å². The molecule has 3 rings (SSSR count). The van der Waals surface area contributed by atoms with Gasteiger partial charge in [-0.15, -0.1) is 11.3 Å². The van der Waals surface area contributed by atoms with Crippen molar-refractivity contribution in [2.75, 3.05) is 5.32 Å². The minimum absolute atomic E-state index is 0.0279. The lowest BCUT2D eigenvalue weighted by Crippen LogP contribution is -2.31. The molecule has 0 aliphatic carbocycles. The zero-order valence-corrected chi connectivity index (χ0v) is 16.1. The molecule has 0 radical (unpaired) electrons. The van der Waals surface area contributed by atoms with Gasteiger partial charge in [0.05, 0.1) is 10.9 Å². The van der Waals surface area contributed by atoms with Crippen molar-refractivity contribution in [3.8, 4) is 0 Å². The maximum atomic E-state index is 12.9. The number of nitrogens with one attached hydrogen (secondary N) is 1. The lowest BCUT2D eigenvalue weighted by molar-refractivity contribution is -0.116. The van der Waals surface area contributed by atoms with Crippen LogP contribution in [0.1, 0.15) is 28.7 Å². The molecule has 3 aromatic rings. The van der Waals surface area contributed by atoms with Crippen molar-refractivity contribution in [1.29, 1.82) is 0 Å². The van der Waals surface area contributed by atoms with E-state index in [1.165, 1.54) is 9.95 Å². The molecule has 9 heteroatoms. The first-order valence-corrected chi connectivity index (χ1v) is 9.37. The summed E-state index contributed by atoms with van der Waals surface area (Å²) in [7, 11) is 0. The van der Waals surface area contributed by atoms with Crippen molar-refractivity contribution < 1.29 is 14.7 Å². The summed E-state index contributed by atoms with van der Waals surface area (Å²) in [4.78, 5) is 41.4. The van der Waals surface area contributed by atoms with Crippen LogP contribution in [0.25, 0.3) is 10.2 Å². The van der Waals surface area contributed by atoms with Crippen molar-refractivity contribution in [3.63, 3.8) is 0 Å². The molecule has 0 saturated heterocycles. The third kappa shape index (κ3) is 3.72. The van der Waals surface area contributed by atoms with E-state index < -0.39 is 17.4 Å². The number of aromatic nitrogens is 2. The topological polar surface area (TPSA) is 101 Å². The van der Waals surface area contributed by atoms with E-state index >= 15 is 0 Å². The van der Waals surface area contributed by atoms with Crippen molar-refractivity contribution >= 4 is 50.7 Å². The molecule has 1 amide bonds. The van der Waals surface area contributed by atoms with Crippen LogP contribution in [0, 0.1) is 6.92 Å². The number of hydrogen-bond donors (Lipinski definition) is 2. The van der Waals surface area contributed by atoms with Crippen molar-refractivity contribution in [2.24, 2.45) is 0 Å². The Labute approximate surface area is 163 Å². The highest BCUT2D eigenvalue weighted by atomic mass is 35.5. The molecule has 0 aliphatic rings. The predicted molar refractivity (Wildman–Crippen MR) is 105 cm³/mol. The van der Waals surface area contributed by atoms with E-state index in [1.54, 1.807) is 18.2 Å². The molecular weight excluding hydrogens is 390 g/mol. The van der Waals surface area contributed by atoms with Crippen LogP contribution >= 0.6 is 22.9 Å². The molecule has 7 nitrogen and oxygen atoms in total. The van der Waals surface area contributed by atoms with E-state index in [2.05, 4.69) is 10.3 Å². The number of anilines is 1. The maximum absolute atomic E-state index is 12.9. The van der Waals surface area contributed by atoms with Gasteiger partial charge in [0.25, 0.3) is 5.56 Å². The number of nitrogens with zero attached hydrogens (tertiary/aromatic N) is 2. The molecular formula is C18H16ClN3O4S. The Bertz CT molecular complexity index is 1120. The third-order valence-corrected chi connectivity index (χ3v) is 5.19. The number of rotatable bonds is 5. The van der Waals surface area contributed by atoms with Gasteiger partial charge in [-0.25, -0.2) is 9.78 Å². The number of halogens is 1. The summed E-state index contributed by atoms with van der Waals surface area (Å²) in [6.45, 7) is 3.36. The van der Waals surface area contributed by atoms with E-state index in [-0.39, 0.29) is 17.5 Å². The van der Waals surface area contributed by atoms with Gasteiger partial charge in [-0.05, 0) is 30.7 Å². The van der Waals surface area contributed by atoms with Crippen molar-refractivity contribution in [2.45, 2.75) is 26.8 Å². The minimum atomic E-state index is -1.20. The largest absolute Gasteiger partial charge is 0.478 e. The van der Waals surface area contributed by atoms with E-state index in [0.717, 1.165) is 16.9 Å². The van der Waals surface area contributed by atoms with Gasteiger partial charge < -0.3 is 10.4 Å². The number of benzene rings is 1. The van der Waals surface area contributed by atoms with Gasteiger partial charge in [0.2, 0.25) is 5.91 Å². The standard InChI is InChI=1S/C18H16ClN3O4S/c1-3-13-21-16-15(11(8-27-16)18(25)26)17(24)22(13)7-14(23)20-12-5-4-10(19)6-9(12)2/h4-6,8H,3,7H2,1-2H3,(H,20,23)(H,25,26). The quantitative estimate of drug-likeness (QED) is 0.678. The normalized spacial score (nSPS) is 10.9. The molecule has 0 bridgehead atoms. The summed E-state index contributed by atoms with van der Waals surface area (Å²) in [5, 5.41) is 14.0. The highest BCUT2D eigenvalue weighted by molar-refractivity contribution is 7.17. The number of carboxylic acids is 1. The van der Waals surface area contributed by atoms with Gasteiger partial charge in [-0.3, -0.25) is 14.2 Å². The van der Waals surface area contributed by atoms with Gasteiger partial charge in [-0.2, -0.15) is 0 Å². The van der Waals surface area contributed by atoms with E-state index in [0.29, 0.717) is 27.8 Å². The van der Waals surface area contributed by atoms with Gasteiger partial charge in [0.1, 0.15) is 17.2 Å². The Balaban J connectivity index is 1.99. The summed E-state index contributed by atoms with van der Waals surface area (Å²) in [5.74, 6) is -1.18. The number of aryl methyl sites for hydroxylation is 2. The number of fused-ring (bicyclic) bond motifs is 1. The lowest BCUT2D eigenvalue weighted by atomic mass is 10.2. The Morgan fingerprint density at radius 3 is 2.74 bits per heavy atom. The van der Waals surface area contributed by atoms with Crippen molar-refractivity contribution in [1.82, 2.24) is 9.55 Å². The smallest absolute Gasteiger partial charge is 0.337 e. The molecule has 0 unspecified atom stereocenters. The number of carboxylic acid groups (broad SMARTS) is 1. The van der Waals surface area contributed by atoms with E-state index in [4.69, 9.17) is 11.6 Å². The van der Waals surface area contributed by atoms with Crippen LogP contribution < -0.4 is 10.9 Å². The zero-order valence-electron chi connectivity index (χ0n) is 14.6. The number of aromatic carboxylic acids is 1. The number of carbonyl (C=O) groups is 2. The Morgan fingerprint density at radius 1 is 1.37 bits per heavy atom. The average Bonchev–Trinajstić information content (AvgIpc) is 3.04. The summed E-state index contributed by atoms with van der Waals surface area (Å²) in [6, 6.07) is 5.06. The SMILES string of the molecule is CCc1nc2scc(C(=O)O)c2c(=O)n1CC(=O)Nc1ccc(Cl)cc1C. The van der Waals surface area contributed by atoms with Gasteiger partial charge in [0, 0.05) is 22.5 Å². The molecule has 0 spiro atoms. The number of carbonyl (C=O) groups excluding carboxylic acids is 1. The van der Waals surface area contributed by atoms with Crippen LogP contribution in [-0.4, -0.2) is 26.5 Å². The molecule has 1 aromatic carbocycles. The first-order valence-electron chi connectivity index (χ1n) is 8.12. The van der Waals surface area contributed by atoms with Crippen LogP contribution in [0.3, 0.4) is 0 Å². The van der Waals surface area contributed by atoms with Gasteiger partial charge in [-0.1, -0.05) is 18.5 Å². The molecule has 0 saturated carbocycles. The fraction of sp³-hybridized carbons (Fsp3) is 0.222. The molecule has 2 aromatic heterocycles. The molecule has 140 valence electrons. The predicted octanol–water partition coefficient (Wildman–Crippen LogP) is 3.32. The monoisotopic (exact) mass is 405 g/mol. The first-order chi connectivity index (χ1) is 12.8. The second-order valence-electron chi connectivity index (χ2n) is 5.91. The van der Waals surface area contributed by atoms with Crippen LogP contribution in [0.2, 0.25) is 5.02 Å². The second kappa shape index (κ2) is 7.50. The average molecular weight is 406 g/mol. The fourth-order valence-electron chi connectivity index (χ4n) is 2.76. The minimum Gasteiger partial charge on any atom is -0.478 e. The van der Waals surface area contributed by atoms with Crippen LogP contribution in [0.4, 0.5) is 5.69 Å². The molecule has 2 heterocycles. The number of hydrogen-bond acceptors (Lipinski definition) is 5. The van der Waals surface area contributed by atoms with Crippen LogP contribution in [0.15, 0.2) is 28.4 Å². The summed E-state index contributed by atoms with van der Waals surface area (Å²) in [5.41, 5.74) is 0.751. The highest BCUT2D eigenvalue weighted by Crippen LogP contribution is 2.22. The van der Waals surface area contributed by atoms with Gasteiger partial charge in [0.15, 0.2) is 0 Å². The Morgan fingerprint density at radius 2 is 2.11 bits per heavy atom. The first kappa shape index (κ1) is 19.1. The number of amides is 1. The third-order valence-electron chi connectivity index (χ3n) is 4.08. The number of thiophene rings is 1. The lowest BCUT2D eigenvalue weighted by Gasteiger charge is -2.13. The summed E-state index contributed by atoms with van der Waals surface area (Å²) < 4.78 is 1.22. The Hall–Kier alpha value is -2.71. The van der Waals surface area contributed by atoms with Crippen LogP contribution in [-0.2, 0) is 17.8 Å². The molecule has 2 N–H and O–H groups in total.